The summed E-state index contributed by atoms with van der Waals surface area (Å²) >= 11 is 0. The molecule has 4 nitrogen and oxygen atoms in total. The molecule has 0 aromatic rings. The Morgan fingerprint density at radius 2 is 1.92 bits per heavy atom. The third kappa shape index (κ3) is 3.70. The van der Waals surface area contributed by atoms with Crippen LogP contribution in [0.5, 0.6) is 0 Å². The van der Waals surface area contributed by atoms with E-state index in [1.807, 2.05) is 0 Å². The number of methoxy groups -OCH3 is 2. The number of halogens is 1. The molecule has 1 atom stereocenters. The van der Waals surface area contributed by atoms with E-state index < -0.39 is 18.1 Å². The molecule has 0 aliphatic heterocycles. The van der Waals surface area contributed by atoms with E-state index in [0.29, 0.717) is 0 Å². The Kier molecular flexibility index (Phi) is 4.67. The summed E-state index contributed by atoms with van der Waals surface area (Å²) in [6, 6.07) is 0. The van der Waals surface area contributed by atoms with E-state index in [1.54, 1.807) is 0 Å². The summed E-state index contributed by atoms with van der Waals surface area (Å²) in [5.74, 6) is -1.77. The molecule has 12 heavy (non-hydrogen) atoms. The molecule has 0 saturated heterocycles. The van der Waals surface area contributed by atoms with Gasteiger partial charge in [-0.1, -0.05) is 0 Å². The van der Waals surface area contributed by atoms with Crippen LogP contribution in [0, 0.1) is 0 Å². The van der Waals surface area contributed by atoms with Gasteiger partial charge >= 0.3 is 11.9 Å². The predicted octanol–water partition coefficient (Wildman–Crippen LogP) is 0.227. The quantitative estimate of drug-likeness (QED) is 0.456. The molecule has 0 aromatic heterocycles. The molecular weight excluding hydrogens is 167 g/mol. The first-order valence-electron chi connectivity index (χ1n) is 3.10. The van der Waals surface area contributed by atoms with Gasteiger partial charge in [0, 0.05) is 6.08 Å². The lowest BCUT2D eigenvalue weighted by Gasteiger charge is -1.98. The number of esters is 2. The van der Waals surface area contributed by atoms with Gasteiger partial charge in [0.25, 0.3) is 0 Å². The molecule has 0 fully saturated rings. The van der Waals surface area contributed by atoms with Crippen molar-refractivity contribution in [1.29, 1.82) is 0 Å². The molecule has 0 bridgehead atoms. The number of alkyl halides is 1. The van der Waals surface area contributed by atoms with Crippen LogP contribution in [0.1, 0.15) is 0 Å². The maximum Gasteiger partial charge on any atom is 0.344 e. The van der Waals surface area contributed by atoms with Gasteiger partial charge in [-0.15, -0.1) is 0 Å². The summed E-state index contributed by atoms with van der Waals surface area (Å²) in [6.45, 7) is 0. The summed E-state index contributed by atoms with van der Waals surface area (Å²) in [5.41, 5.74) is 0. The molecule has 0 N–H and O–H groups in total. The lowest BCUT2D eigenvalue weighted by molar-refractivity contribution is -0.144. The Hall–Kier alpha value is -1.39. The zero-order chi connectivity index (χ0) is 9.56. The van der Waals surface area contributed by atoms with E-state index in [9.17, 15) is 14.0 Å². The zero-order valence-corrected chi connectivity index (χ0v) is 6.74. The number of rotatable bonds is 3. The van der Waals surface area contributed by atoms with E-state index >= 15 is 0 Å². The van der Waals surface area contributed by atoms with Crippen LogP contribution in [0.15, 0.2) is 12.2 Å². The first-order chi connectivity index (χ1) is 5.61. The first kappa shape index (κ1) is 10.6. The third-order valence-electron chi connectivity index (χ3n) is 1.03. The van der Waals surface area contributed by atoms with E-state index in [1.165, 1.54) is 0 Å². The van der Waals surface area contributed by atoms with E-state index in [4.69, 9.17) is 0 Å². The maximum atomic E-state index is 12.5. The Morgan fingerprint density at radius 3 is 2.33 bits per heavy atom. The summed E-state index contributed by atoms with van der Waals surface area (Å²) in [6.07, 6.45) is -0.340. The largest absolute Gasteiger partial charge is 0.467 e. The highest BCUT2D eigenvalue weighted by atomic mass is 19.1. The van der Waals surface area contributed by atoms with Gasteiger partial charge in [-0.25, -0.2) is 14.0 Å². The minimum atomic E-state index is -1.92. The van der Waals surface area contributed by atoms with E-state index in [2.05, 4.69) is 9.47 Å². The Labute approximate surface area is 69.0 Å². The van der Waals surface area contributed by atoms with Gasteiger partial charge in [-0.2, -0.15) is 0 Å². The van der Waals surface area contributed by atoms with Crippen LogP contribution in [0.25, 0.3) is 0 Å². The smallest absolute Gasteiger partial charge is 0.344 e. The molecule has 0 spiro atoms. The maximum absolute atomic E-state index is 12.5. The fourth-order valence-electron chi connectivity index (χ4n) is 0.422. The molecule has 1 unspecified atom stereocenters. The Balaban J connectivity index is 3.98. The van der Waals surface area contributed by atoms with Crippen molar-refractivity contribution < 1.29 is 23.5 Å². The topological polar surface area (TPSA) is 52.6 Å². The van der Waals surface area contributed by atoms with Crippen molar-refractivity contribution in [2.75, 3.05) is 14.2 Å². The highest BCUT2D eigenvalue weighted by molar-refractivity contribution is 5.84. The van der Waals surface area contributed by atoms with Crippen molar-refractivity contribution in [1.82, 2.24) is 0 Å². The SMILES string of the molecule is COC(=O)/C=C/C(F)C(=O)OC. The number of carbonyl (C=O) groups is 2. The molecule has 5 heteroatoms. The lowest BCUT2D eigenvalue weighted by atomic mass is 10.3. The average Bonchev–Trinajstić information content (AvgIpc) is 2.11. The van der Waals surface area contributed by atoms with Gasteiger partial charge in [0.05, 0.1) is 14.2 Å². The van der Waals surface area contributed by atoms with Crippen molar-refractivity contribution >= 4 is 11.9 Å². The van der Waals surface area contributed by atoms with E-state index in [-0.39, 0.29) is 0 Å². The van der Waals surface area contributed by atoms with Crippen LogP contribution >= 0.6 is 0 Å². The van der Waals surface area contributed by atoms with Crippen molar-refractivity contribution in [3.8, 4) is 0 Å². The second-order valence-electron chi connectivity index (χ2n) is 1.81. The molecule has 0 amide bonds. The first-order valence-corrected chi connectivity index (χ1v) is 3.10. The average molecular weight is 176 g/mol. The molecule has 0 aliphatic carbocycles. The fraction of sp³-hybridized carbons (Fsp3) is 0.429. The summed E-state index contributed by atoms with van der Waals surface area (Å²) in [5, 5.41) is 0. The van der Waals surface area contributed by atoms with E-state index in [0.717, 1.165) is 26.4 Å². The number of hydrogen-bond donors (Lipinski definition) is 0. The molecular formula is C7H9FO4. The van der Waals surface area contributed by atoms with Crippen LogP contribution in [0.3, 0.4) is 0 Å². The predicted molar refractivity (Wildman–Crippen MR) is 38.1 cm³/mol. The van der Waals surface area contributed by atoms with Crippen LogP contribution in [0.4, 0.5) is 4.39 Å². The standard InChI is InChI=1S/C7H9FO4/c1-11-6(9)4-3-5(8)7(10)12-2/h3-5H,1-2H3/b4-3+. The normalized spacial score (nSPS) is 12.6. The van der Waals surface area contributed by atoms with Gasteiger partial charge in [0.1, 0.15) is 0 Å². The van der Waals surface area contributed by atoms with Gasteiger partial charge in [-0.3, -0.25) is 0 Å². The van der Waals surface area contributed by atoms with Crippen molar-refractivity contribution in [2.45, 2.75) is 6.17 Å². The van der Waals surface area contributed by atoms with Crippen molar-refractivity contribution in [2.24, 2.45) is 0 Å². The van der Waals surface area contributed by atoms with Crippen LogP contribution in [-0.4, -0.2) is 32.3 Å². The molecule has 0 aromatic carbocycles. The molecule has 0 heterocycles. The Morgan fingerprint density at radius 1 is 1.33 bits per heavy atom. The highest BCUT2D eigenvalue weighted by Gasteiger charge is 2.13. The minimum absolute atomic E-state index is 0.721. The summed E-state index contributed by atoms with van der Waals surface area (Å²) < 4.78 is 20.8. The highest BCUT2D eigenvalue weighted by Crippen LogP contribution is 1.96. The van der Waals surface area contributed by atoms with Gasteiger partial charge in [-0.05, 0) is 6.08 Å². The van der Waals surface area contributed by atoms with Gasteiger partial charge in [0.2, 0.25) is 6.17 Å². The molecule has 68 valence electrons. The molecule has 0 aliphatic rings. The third-order valence-corrected chi connectivity index (χ3v) is 1.03. The van der Waals surface area contributed by atoms with Crippen LogP contribution < -0.4 is 0 Å². The summed E-state index contributed by atoms with van der Waals surface area (Å²) in [7, 11) is 2.21. The van der Waals surface area contributed by atoms with Crippen molar-refractivity contribution in [3.05, 3.63) is 12.2 Å². The van der Waals surface area contributed by atoms with Gasteiger partial charge in [0.15, 0.2) is 0 Å². The second kappa shape index (κ2) is 5.29. The monoisotopic (exact) mass is 176 g/mol. The fourth-order valence-corrected chi connectivity index (χ4v) is 0.422. The zero-order valence-electron chi connectivity index (χ0n) is 6.74. The molecule has 0 radical (unpaired) electrons. The number of ether oxygens (including phenoxy) is 2. The molecule has 0 rings (SSSR count). The van der Waals surface area contributed by atoms with Crippen LogP contribution in [0.2, 0.25) is 0 Å². The van der Waals surface area contributed by atoms with Crippen molar-refractivity contribution in [3.63, 3.8) is 0 Å². The minimum Gasteiger partial charge on any atom is -0.467 e. The lowest BCUT2D eigenvalue weighted by Crippen LogP contribution is -2.14. The van der Waals surface area contributed by atoms with Gasteiger partial charge < -0.3 is 9.47 Å². The number of hydrogen-bond acceptors (Lipinski definition) is 4. The molecule has 0 saturated carbocycles. The van der Waals surface area contributed by atoms with Crippen LogP contribution in [-0.2, 0) is 19.1 Å². The number of carbonyl (C=O) groups excluding carboxylic acids is 2. The second-order valence-corrected chi connectivity index (χ2v) is 1.81. The Bertz CT molecular complexity index is 200. The summed E-state index contributed by atoms with van der Waals surface area (Å²) in [4.78, 5) is 20.8.